The van der Waals surface area contributed by atoms with Crippen LogP contribution in [0.4, 0.5) is 0 Å². The molecule has 1 rings (SSSR count). The van der Waals surface area contributed by atoms with Crippen LogP contribution in [0.15, 0.2) is 0 Å². The lowest BCUT2D eigenvalue weighted by Gasteiger charge is -1.97. The highest BCUT2D eigenvalue weighted by atomic mass is 35.5. The number of rotatable bonds is 5. The standard InChI is InChI=1S/C6H9ClN2O2S3/c1-14(10,11)3-2-12-4-5-6(7)13-9-8-5/h2-4H2,1H3. The lowest BCUT2D eigenvalue weighted by Crippen LogP contribution is -2.05. The van der Waals surface area contributed by atoms with Crippen LogP contribution >= 0.6 is 34.9 Å². The first-order valence-electron chi connectivity index (χ1n) is 3.71. The molecule has 0 bridgehead atoms. The third-order valence-corrected chi connectivity index (χ3v) is 4.51. The second-order valence-electron chi connectivity index (χ2n) is 2.68. The van der Waals surface area contributed by atoms with E-state index in [0.717, 1.165) is 17.2 Å². The summed E-state index contributed by atoms with van der Waals surface area (Å²) in [6.07, 6.45) is 1.23. The minimum absolute atomic E-state index is 0.187. The largest absolute Gasteiger partial charge is 0.229 e. The Hall–Kier alpha value is 0.150. The molecule has 1 heterocycles. The Kier molecular flexibility index (Phi) is 4.62. The fraction of sp³-hybridized carbons (Fsp3) is 0.667. The van der Waals surface area contributed by atoms with Gasteiger partial charge in [0.15, 0.2) is 0 Å². The minimum Gasteiger partial charge on any atom is -0.229 e. The van der Waals surface area contributed by atoms with Crippen LogP contribution < -0.4 is 0 Å². The summed E-state index contributed by atoms with van der Waals surface area (Å²) in [5, 5.41) is 3.82. The fourth-order valence-electron chi connectivity index (χ4n) is 0.662. The van der Waals surface area contributed by atoms with Crippen LogP contribution in [0, 0.1) is 0 Å². The molecule has 0 aliphatic heterocycles. The highest BCUT2D eigenvalue weighted by molar-refractivity contribution is 7.99. The molecule has 0 aromatic carbocycles. The van der Waals surface area contributed by atoms with Crippen molar-refractivity contribution in [1.29, 1.82) is 0 Å². The van der Waals surface area contributed by atoms with Crippen LogP contribution in [0.5, 0.6) is 0 Å². The first-order valence-corrected chi connectivity index (χ1v) is 8.08. The van der Waals surface area contributed by atoms with Gasteiger partial charge in [0.1, 0.15) is 19.9 Å². The number of halogens is 1. The van der Waals surface area contributed by atoms with E-state index in [-0.39, 0.29) is 5.75 Å². The molecule has 0 saturated carbocycles. The molecule has 0 spiro atoms. The molecule has 0 N–H and O–H groups in total. The van der Waals surface area contributed by atoms with E-state index in [1.807, 2.05) is 0 Å². The van der Waals surface area contributed by atoms with Crippen LogP contribution in [-0.2, 0) is 15.6 Å². The first kappa shape index (κ1) is 12.2. The maximum atomic E-state index is 10.8. The highest BCUT2D eigenvalue weighted by Gasteiger charge is 2.06. The molecule has 4 nitrogen and oxygen atoms in total. The summed E-state index contributed by atoms with van der Waals surface area (Å²) in [5.41, 5.74) is 0.732. The first-order chi connectivity index (χ1) is 6.49. The summed E-state index contributed by atoms with van der Waals surface area (Å²) in [6, 6.07) is 0. The quantitative estimate of drug-likeness (QED) is 0.760. The third kappa shape index (κ3) is 4.59. The molecule has 0 saturated heterocycles. The molecule has 0 aliphatic carbocycles. The van der Waals surface area contributed by atoms with Gasteiger partial charge in [-0.15, -0.1) is 5.10 Å². The summed E-state index contributed by atoms with van der Waals surface area (Å²) >= 11 is 8.40. The van der Waals surface area contributed by atoms with E-state index < -0.39 is 9.84 Å². The predicted octanol–water partition coefficient (Wildman–Crippen LogP) is 1.47. The summed E-state index contributed by atoms with van der Waals surface area (Å²) in [4.78, 5) is 0. The van der Waals surface area contributed by atoms with Gasteiger partial charge in [-0.1, -0.05) is 16.1 Å². The second-order valence-corrected chi connectivity index (χ2v) is 7.40. The second kappa shape index (κ2) is 5.29. The van der Waals surface area contributed by atoms with E-state index in [4.69, 9.17) is 11.6 Å². The van der Waals surface area contributed by atoms with Gasteiger partial charge in [0.05, 0.1) is 5.75 Å². The molecule has 0 unspecified atom stereocenters. The van der Waals surface area contributed by atoms with Crippen molar-refractivity contribution in [3.05, 3.63) is 10.0 Å². The molecule has 0 radical (unpaired) electrons. The van der Waals surface area contributed by atoms with Crippen molar-refractivity contribution >= 4 is 44.7 Å². The number of hydrogen-bond acceptors (Lipinski definition) is 6. The molecule has 1 aromatic rings. The number of thioether (sulfide) groups is 1. The monoisotopic (exact) mass is 272 g/mol. The highest BCUT2D eigenvalue weighted by Crippen LogP contribution is 2.21. The molecular formula is C6H9ClN2O2S3. The summed E-state index contributed by atoms with van der Waals surface area (Å²) in [7, 11) is -2.86. The normalized spacial score (nSPS) is 11.9. The lowest BCUT2D eigenvalue weighted by molar-refractivity contribution is 0.603. The number of sulfone groups is 1. The Labute approximate surface area is 96.1 Å². The maximum Gasteiger partial charge on any atom is 0.148 e. The zero-order valence-corrected chi connectivity index (χ0v) is 10.6. The molecule has 0 amide bonds. The van der Waals surface area contributed by atoms with Crippen molar-refractivity contribution in [1.82, 2.24) is 9.59 Å². The van der Waals surface area contributed by atoms with Crippen LogP contribution in [0.3, 0.4) is 0 Å². The minimum atomic E-state index is -2.86. The van der Waals surface area contributed by atoms with Crippen LogP contribution in [0.25, 0.3) is 0 Å². The maximum absolute atomic E-state index is 10.8. The lowest BCUT2D eigenvalue weighted by atomic mass is 10.6. The molecule has 14 heavy (non-hydrogen) atoms. The van der Waals surface area contributed by atoms with Gasteiger partial charge in [0.25, 0.3) is 0 Å². The summed E-state index contributed by atoms with van der Waals surface area (Å²) in [6.45, 7) is 0. The van der Waals surface area contributed by atoms with Crippen molar-refractivity contribution < 1.29 is 8.42 Å². The van der Waals surface area contributed by atoms with E-state index >= 15 is 0 Å². The van der Waals surface area contributed by atoms with Crippen molar-refractivity contribution in [2.75, 3.05) is 17.8 Å². The summed E-state index contributed by atoms with van der Waals surface area (Å²) < 4.78 is 25.8. The average molecular weight is 273 g/mol. The molecule has 1 aromatic heterocycles. The van der Waals surface area contributed by atoms with Gasteiger partial charge in [-0.05, 0) is 0 Å². The van der Waals surface area contributed by atoms with Crippen molar-refractivity contribution in [3.8, 4) is 0 Å². The van der Waals surface area contributed by atoms with Crippen molar-refractivity contribution in [3.63, 3.8) is 0 Å². The van der Waals surface area contributed by atoms with Gasteiger partial charge in [0.2, 0.25) is 0 Å². The third-order valence-electron chi connectivity index (χ3n) is 1.35. The van der Waals surface area contributed by atoms with Gasteiger partial charge in [-0.3, -0.25) is 0 Å². The van der Waals surface area contributed by atoms with E-state index in [0.29, 0.717) is 15.8 Å². The van der Waals surface area contributed by atoms with E-state index in [1.165, 1.54) is 18.0 Å². The molecule has 0 atom stereocenters. The molecular weight excluding hydrogens is 264 g/mol. The van der Waals surface area contributed by atoms with Crippen molar-refractivity contribution in [2.45, 2.75) is 5.75 Å². The Morgan fingerprint density at radius 1 is 1.57 bits per heavy atom. The average Bonchev–Trinajstić information content (AvgIpc) is 2.44. The van der Waals surface area contributed by atoms with Gasteiger partial charge < -0.3 is 0 Å². The molecule has 0 aliphatic rings. The van der Waals surface area contributed by atoms with Gasteiger partial charge in [0, 0.05) is 29.3 Å². The Morgan fingerprint density at radius 3 is 2.79 bits per heavy atom. The molecule has 0 fully saturated rings. The number of nitrogens with zero attached hydrogens (tertiary/aromatic N) is 2. The Bertz CT molecular complexity index is 390. The van der Waals surface area contributed by atoms with Gasteiger partial charge >= 0.3 is 0 Å². The van der Waals surface area contributed by atoms with Crippen LogP contribution in [-0.4, -0.2) is 35.8 Å². The zero-order valence-electron chi connectivity index (χ0n) is 7.43. The topological polar surface area (TPSA) is 59.9 Å². The Morgan fingerprint density at radius 2 is 2.29 bits per heavy atom. The van der Waals surface area contributed by atoms with Gasteiger partial charge in [-0.25, -0.2) is 8.42 Å². The predicted molar refractivity (Wildman–Crippen MR) is 60.8 cm³/mol. The smallest absolute Gasteiger partial charge is 0.148 e. The molecule has 8 heteroatoms. The van der Waals surface area contributed by atoms with Crippen LogP contribution in [0.2, 0.25) is 4.34 Å². The SMILES string of the molecule is CS(=O)(=O)CCSCc1nnsc1Cl. The van der Waals surface area contributed by atoms with Crippen LogP contribution in [0.1, 0.15) is 5.69 Å². The fourth-order valence-corrected chi connectivity index (χ4v) is 3.68. The van der Waals surface area contributed by atoms with E-state index in [1.54, 1.807) is 0 Å². The Balaban J connectivity index is 2.26. The zero-order chi connectivity index (χ0) is 10.6. The van der Waals surface area contributed by atoms with E-state index in [9.17, 15) is 8.42 Å². The van der Waals surface area contributed by atoms with Crippen molar-refractivity contribution in [2.24, 2.45) is 0 Å². The van der Waals surface area contributed by atoms with Gasteiger partial charge in [-0.2, -0.15) is 11.8 Å². The number of hydrogen-bond donors (Lipinski definition) is 0. The van der Waals surface area contributed by atoms with E-state index in [2.05, 4.69) is 9.59 Å². The number of aromatic nitrogens is 2. The summed E-state index contributed by atoms with van der Waals surface area (Å²) in [5.74, 6) is 1.37. The molecule has 80 valence electrons.